The third-order valence-corrected chi connectivity index (χ3v) is 5.29. The van der Waals surface area contributed by atoms with E-state index in [0.29, 0.717) is 0 Å². The summed E-state index contributed by atoms with van der Waals surface area (Å²) < 4.78 is 1.07. The summed E-state index contributed by atoms with van der Waals surface area (Å²) in [5, 5.41) is 1.84. The van der Waals surface area contributed by atoms with E-state index >= 15 is 0 Å². The van der Waals surface area contributed by atoms with Gasteiger partial charge in [0.15, 0.2) is 0 Å². The van der Waals surface area contributed by atoms with Crippen molar-refractivity contribution in [1.29, 1.82) is 0 Å². The number of rotatable bonds is 1. The second kappa shape index (κ2) is 4.23. The topological polar surface area (TPSA) is 38.9 Å². The second-order valence-corrected chi connectivity index (χ2v) is 6.23. The lowest BCUT2D eigenvalue weighted by Gasteiger charge is -2.31. The molecule has 0 spiro atoms. The Kier molecular flexibility index (Phi) is 2.85. The fourth-order valence-corrected chi connectivity index (χ4v) is 3.94. The van der Waals surface area contributed by atoms with Gasteiger partial charge in [-0.3, -0.25) is 0 Å². The Labute approximate surface area is 110 Å². The third-order valence-electron chi connectivity index (χ3n) is 3.54. The predicted molar refractivity (Wildman–Crippen MR) is 73.6 cm³/mol. The molecular weight excluding hydrogens is 252 g/mol. The minimum Gasteiger partial charge on any atom is -0.319 e. The van der Waals surface area contributed by atoms with Gasteiger partial charge in [-0.15, -0.1) is 11.3 Å². The molecule has 0 atom stereocenters. The van der Waals surface area contributed by atoms with E-state index in [1.54, 1.807) is 11.3 Å². The molecule has 1 aromatic carbocycles. The number of hydrogen-bond donors (Lipinski definition) is 1. The fraction of sp³-hybridized carbons (Fsp3) is 0.462. The van der Waals surface area contributed by atoms with Crippen molar-refractivity contribution in [3.63, 3.8) is 0 Å². The van der Waals surface area contributed by atoms with E-state index < -0.39 is 0 Å². The van der Waals surface area contributed by atoms with Gasteiger partial charge in [0.05, 0.1) is 20.8 Å². The van der Waals surface area contributed by atoms with Crippen LogP contribution < -0.4 is 5.73 Å². The van der Waals surface area contributed by atoms with E-state index in [0.717, 1.165) is 33.1 Å². The molecule has 17 heavy (non-hydrogen) atoms. The first-order valence-corrected chi connectivity index (χ1v) is 7.23. The maximum absolute atomic E-state index is 6.50. The van der Waals surface area contributed by atoms with Gasteiger partial charge in [0.2, 0.25) is 0 Å². The molecule has 1 fully saturated rings. The summed E-state index contributed by atoms with van der Waals surface area (Å²) in [6.07, 6.45) is 5.81. The monoisotopic (exact) mass is 266 g/mol. The number of fused-ring (bicyclic) bond motifs is 1. The molecule has 90 valence electrons. The fourth-order valence-electron chi connectivity index (χ4n) is 2.52. The maximum atomic E-state index is 6.50. The van der Waals surface area contributed by atoms with Crippen LogP contribution in [0.2, 0.25) is 5.02 Å². The molecule has 3 rings (SSSR count). The number of aromatic nitrogens is 1. The standard InChI is InChI=1S/C13H15ClN2S/c14-9-5-4-6-10-11(9)17-12(16-10)13(15)7-2-1-3-8-13/h4-6H,1-3,7-8,15H2. The number of halogens is 1. The quantitative estimate of drug-likeness (QED) is 0.845. The molecule has 0 aliphatic heterocycles. The average Bonchev–Trinajstić information content (AvgIpc) is 2.76. The maximum Gasteiger partial charge on any atom is 0.114 e. The zero-order valence-electron chi connectivity index (χ0n) is 9.58. The summed E-state index contributed by atoms with van der Waals surface area (Å²) in [5.41, 5.74) is 7.26. The van der Waals surface area contributed by atoms with Crippen LogP contribution in [0, 0.1) is 0 Å². The van der Waals surface area contributed by atoms with Crippen LogP contribution in [0.5, 0.6) is 0 Å². The molecule has 1 aliphatic rings. The first kappa shape index (κ1) is 11.5. The van der Waals surface area contributed by atoms with Crippen molar-refractivity contribution < 1.29 is 0 Å². The molecular formula is C13H15ClN2S. The zero-order valence-corrected chi connectivity index (χ0v) is 11.2. The number of nitrogens with two attached hydrogens (primary N) is 1. The molecule has 0 amide bonds. The average molecular weight is 267 g/mol. The van der Waals surface area contributed by atoms with E-state index in [4.69, 9.17) is 17.3 Å². The Bertz CT molecular complexity index is 543. The minimum atomic E-state index is -0.217. The lowest BCUT2D eigenvalue weighted by atomic mass is 9.83. The molecule has 2 N–H and O–H groups in total. The Morgan fingerprint density at radius 3 is 2.71 bits per heavy atom. The van der Waals surface area contributed by atoms with Crippen molar-refractivity contribution in [2.45, 2.75) is 37.6 Å². The largest absolute Gasteiger partial charge is 0.319 e. The highest BCUT2D eigenvalue weighted by Gasteiger charge is 2.32. The van der Waals surface area contributed by atoms with E-state index in [-0.39, 0.29) is 5.54 Å². The van der Waals surface area contributed by atoms with Gasteiger partial charge < -0.3 is 5.73 Å². The molecule has 4 heteroatoms. The van der Waals surface area contributed by atoms with E-state index in [2.05, 4.69) is 4.98 Å². The second-order valence-electron chi connectivity index (χ2n) is 4.82. The van der Waals surface area contributed by atoms with Gasteiger partial charge in [-0.1, -0.05) is 36.9 Å². The third kappa shape index (κ3) is 1.96. The highest BCUT2D eigenvalue weighted by molar-refractivity contribution is 7.19. The number of benzene rings is 1. The number of hydrogen-bond acceptors (Lipinski definition) is 3. The van der Waals surface area contributed by atoms with Crippen LogP contribution in [0.4, 0.5) is 0 Å². The van der Waals surface area contributed by atoms with Crippen LogP contribution in [0.25, 0.3) is 10.2 Å². The molecule has 1 heterocycles. The van der Waals surface area contributed by atoms with Crippen molar-refractivity contribution in [1.82, 2.24) is 4.98 Å². The Morgan fingerprint density at radius 1 is 1.24 bits per heavy atom. The zero-order chi connectivity index (χ0) is 11.9. The summed E-state index contributed by atoms with van der Waals surface area (Å²) >= 11 is 7.85. The molecule has 0 radical (unpaired) electrons. The SMILES string of the molecule is NC1(c2nc3cccc(Cl)c3s2)CCCCC1. The number of thiazole rings is 1. The van der Waals surface area contributed by atoms with Gasteiger partial charge >= 0.3 is 0 Å². The molecule has 2 aromatic rings. The summed E-state index contributed by atoms with van der Waals surface area (Å²) in [4.78, 5) is 4.68. The van der Waals surface area contributed by atoms with Gasteiger partial charge in [-0.05, 0) is 25.0 Å². The Hall–Kier alpha value is -0.640. The van der Waals surface area contributed by atoms with Crippen molar-refractivity contribution in [3.05, 3.63) is 28.2 Å². The van der Waals surface area contributed by atoms with Gasteiger partial charge in [0.25, 0.3) is 0 Å². The molecule has 1 aromatic heterocycles. The van der Waals surface area contributed by atoms with Crippen molar-refractivity contribution in [2.75, 3.05) is 0 Å². The molecule has 1 saturated carbocycles. The van der Waals surface area contributed by atoms with E-state index in [1.807, 2.05) is 18.2 Å². The van der Waals surface area contributed by atoms with Gasteiger partial charge in [-0.25, -0.2) is 4.98 Å². The van der Waals surface area contributed by atoms with Gasteiger partial charge in [0, 0.05) is 0 Å². The molecule has 0 bridgehead atoms. The molecule has 1 aliphatic carbocycles. The van der Waals surface area contributed by atoms with E-state index in [9.17, 15) is 0 Å². The van der Waals surface area contributed by atoms with Crippen LogP contribution in [-0.2, 0) is 5.54 Å². The first-order valence-electron chi connectivity index (χ1n) is 6.03. The Morgan fingerprint density at radius 2 is 2.00 bits per heavy atom. The summed E-state index contributed by atoms with van der Waals surface area (Å²) in [6.45, 7) is 0. The van der Waals surface area contributed by atoms with Crippen LogP contribution in [-0.4, -0.2) is 4.98 Å². The molecule has 0 unspecified atom stereocenters. The summed E-state index contributed by atoms with van der Waals surface area (Å²) in [7, 11) is 0. The smallest absolute Gasteiger partial charge is 0.114 e. The van der Waals surface area contributed by atoms with Crippen molar-refractivity contribution in [2.24, 2.45) is 5.73 Å². The Balaban J connectivity index is 2.08. The highest BCUT2D eigenvalue weighted by atomic mass is 35.5. The van der Waals surface area contributed by atoms with Crippen LogP contribution >= 0.6 is 22.9 Å². The lowest BCUT2D eigenvalue weighted by Crippen LogP contribution is -2.38. The normalized spacial score (nSPS) is 19.6. The predicted octanol–water partition coefficient (Wildman–Crippen LogP) is 4.07. The summed E-state index contributed by atoms with van der Waals surface area (Å²) in [6, 6.07) is 5.86. The van der Waals surface area contributed by atoms with Crippen LogP contribution in [0.15, 0.2) is 18.2 Å². The number of nitrogens with zero attached hydrogens (tertiary/aromatic N) is 1. The lowest BCUT2D eigenvalue weighted by molar-refractivity contribution is 0.302. The summed E-state index contributed by atoms with van der Waals surface area (Å²) in [5.74, 6) is 0. The van der Waals surface area contributed by atoms with Crippen LogP contribution in [0.3, 0.4) is 0 Å². The van der Waals surface area contributed by atoms with Crippen molar-refractivity contribution in [3.8, 4) is 0 Å². The molecule has 2 nitrogen and oxygen atoms in total. The highest BCUT2D eigenvalue weighted by Crippen LogP contribution is 2.40. The van der Waals surface area contributed by atoms with Gasteiger partial charge in [-0.2, -0.15) is 0 Å². The van der Waals surface area contributed by atoms with E-state index in [1.165, 1.54) is 19.3 Å². The van der Waals surface area contributed by atoms with Crippen molar-refractivity contribution >= 4 is 33.2 Å². The molecule has 0 saturated heterocycles. The first-order chi connectivity index (χ1) is 8.19. The van der Waals surface area contributed by atoms with Crippen LogP contribution in [0.1, 0.15) is 37.1 Å². The minimum absolute atomic E-state index is 0.217. The van der Waals surface area contributed by atoms with Gasteiger partial charge in [0.1, 0.15) is 5.01 Å².